The normalized spacial score (nSPS) is 10.7. The van der Waals surface area contributed by atoms with Gasteiger partial charge in [-0.25, -0.2) is 0 Å². The number of ether oxygens (including phenoxy) is 1. The fraction of sp³-hybridized carbons (Fsp3) is 0.125. The Balaban J connectivity index is 1.82. The van der Waals surface area contributed by atoms with E-state index in [9.17, 15) is 0 Å². The first-order chi connectivity index (χ1) is 8.83. The fourth-order valence-electron chi connectivity index (χ4n) is 2.07. The summed E-state index contributed by atoms with van der Waals surface area (Å²) in [6.07, 6.45) is 1.83. The lowest BCUT2D eigenvalue weighted by atomic mass is 10.1. The van der Waals surface area contributed by atoms with Crippen LogP contribution in [0.4, 0.5) is 0 Å². The number of nitrogens with one attached hydrogen (secondary N) is 1. The molecular formula is C16H14NO. The third kappa shape index (κ3) is 2.09. The van der Waals surface area contributed by atoms with Crippen LogP contribution in [-0.2, 0) is 6.61 Å². The number of fused-ring (bicyclic) bond motifs is 1. The van der Waals surface area contributed by atoms with E-state index in [1.165, 1.54) is 11.1 Å². The van der Waals surface area contributed by atoms with Gasteiger partial charge < -0.3 is 9.72 Å². The number of H-pyrrole nitrogens is 1. The number of benzene rings is 2. The number of rotatable bonds is 3. The minimum Gasteiger partial charge on any atom is -0.489 e. The summed E-state index contributed by atoms with van der Waals surface area (Å²) in [6.45, 7) is 2.66. The van der Waals surface area contributed by atoms with Gasteiger partial charge in [-0.3, -0.25) is 0 Å². The first-order valence-corrected chi connectivity index (χ1v) is 5.99. The number of hydrogen-bond donors (Lipinski definition) is 1. The Hall–Kier alpha value is -2.22. The molecule has 1 N–H and O–H groups in total. The van der Waals surface area contributed by atoms with E-state index in [2.05, 4.69) is 36.2 Å². The highest BCUT2D eigenvalue weighted by atomic mass is 16.5. The van der Waals surface area contributed by atoms with Crippen molar-refractivity contribution in [2.75, 3.05) is 0 Å². The number of hydrogen-bond acceptors (Lipinski definition) is 1. The van der Waals surface area contributed by atoms with Gasteiger partial charge in [0.1, 0.15) is 12.4 Å². The molecule has 0 fully saturated rings. The summed E-state index contributed by atoms with van der Waals surface area (Å²) < 4.78 is 5.82. The van der Waals surface area contributed by atoms with Crippen molar-refractivity contribution < 1.29 is 4.74 Å². The SMILES string of the molecule is Cc1cc(OCc2ccccc2)cc2[nH]c[c]c12. The molecule has 2 heteroatoms. The maximum atomic E-state index is 5.82. The van der Waals surface area contributed by atoms with Crippen molar-refractivity contribution in [1.29, 1.82) is 0 Å². The molecule has 3 aromatic rings. The van der Waals surface area contributed by atoms with Gasteiger partial charge in [-0.05, 0) is 24.1 Å². The molecule has 18 heavy (non-hydrogen) atoms. The van der Waals surface area contributed by atoms with Crippen LogP contribution < -0.4 is 4.74 Å². The molecule has 0 unspecified atom stereocenters. The van der Waals surface area contributed by atoms with Crippen LogP contribution >= 0.6 is 0 Å². The van der Waals surface area contributed by atoms with E-state index >= 15 is 0 Å². The molecule has 0 saturated carbocycles. The van der Waals surface area contributed by atoms with Crippen LogP contribution in [0.5, 0.6) is 5.75 Å². The van der Waals surface area contributed by atoms with Crippen molar-refractivity contribution in [1.82, 2.24) is 4.98 Å². The largest absolute Gasteiger partial charge is 0.489 e. The smallest absolute Gasteiger partial charge is 0.122 e. The zero-order valence-electron chi connectivity index (χ0n) is 10.2. The second-order valence-electron chi connectivity index (χ2n) is 4.37. The van der Waals surface area contributed by atoms with Crippen LogP contribution in [0.1, 0.15) is 11.1 Å². The van der Waals surface area contributed by atoms with Gasteiger partial charge in [0, 0.05) is 29.2 Å². The lowest BCUT2D eigenvalue weighted by Crippen LogP contribution is -1.95. The molecule has 3 rings (SSSR count). The van der Waals surface area contributed by atoms with Gasteiger partial charge in [-0.1, -0.05) is 30.3 Å². The molecule has 0 aliphatic rings. The Morgan fingerprint density at radius 3 is 2.83 bits per heavy atom. The van der Waals surface area contributed by atoms with Gasteiger partial charge in [0.05, 0.1) is 0 Å². The monoisotopic (exact) mass is 236 g/mol. The molecule has 0 bridgehead atoms. The van der Waals surface area contributed by atoms with Crippen LogP contribution in [-0.4, -0.2) is 4.98 Å². The summed E-state index contributed by atoms with van der Waals surface area (Å²) in [5.41, 5.74) is 3.42. The lowest BCUT2D eigenvalue weighted by molar-refractivity contribution is 0.306. The summed E-state index contributed by atoms with van der Waals surface area (Å²) in [5, 5.41) is 1.13. The van der Waals surface area contributed by atoms with E-state index in [0.29, 0.717) is 6.61 Å². The Labute approximate surface area is 106 Å². The Kier molecular flexibility index (Phi) is 2.77. The molecule has 0 spiro atoms. The highest BCUT2D eigenvalue weighted by Gasteiger charge is 2.03. The van der Waals surface area contributed by atoms with Gasteiger partial charge >= 0.3 is 0 Å². The number of aryl methyl sites for hydroxylation is 1. The maximum absolute atomic E-state index is 5.82. The molecule has 1 aromatic heterocycles. The van der Waals surface area contributed by atoms with Crippen molar-refractivity contribution >= 4 is 10.9 Å². The molecule has 0 aliphatic heterocycles. The first-order valence-electron chi connectivity index (χ1n) is 5.99. The van der Waals surface area contributed by atoms with E-state index in [1.54, 1.807) is 0 Å². The van der Waals surface area contributed by atoms with Crippen LogP contribution in [0.25, 0.3) is 10.9 Å². The third-order valence-electron chi connectivity index (χ3n) is 3.00. The van der Waals surface area contributed by atoms with Gasteiger partial charge in [0.25, 0.3) is 0 Å². The van der Waals surface area contributed by atoms with Gasteiger partial charge in [0.2, 0.25) is 0 Å². The Morgan fingerprint density at radius 1 is 1.17 bits per heavy atom. The Morgan fingerprint density at radius 2 is 2.00 bits per heavy atom. The zero-order valence-corrected chi connectivity index (χ0v) is 10.2. The van der Waals surface area contributed by atoms with Crippen molar-refractivity contribution in [3.8, 4) is 5.75 Å². The average molecular weight is 236 g/mol. The van der Waals surface area contributed by atoms with Gasteiger partial charge in [0.15, 0.2) is 0 Å². The predicted octanol–water partition coefficient (Wildman–Crippen LogP) is 3.86. The van der Waals surface area contributed by atoms with E-state index in [0.717, 1.165) is 16.7 Å². The predicted molar refractivity (Wildman–Crippen MR) is 72.6 cm³/mol. The molecule has 0 amide bonds. The molecular weight excluding hydrogens is 222 g/mol. The summed E-state index contributed by atoms with van der Waals surface area (Å²) in [5.74, 6) is 0.889. The fourth-order valence-corrected chi connectivity index (χ4v) is 2.07. The van der Waals surface area contributed by atoms with Crippen LogP contribution in [0.15, 0.2) is 48.7 Å². The number of aromatic nitrogens is 1. The second-order valence-corrected chi connectivity index (χ2v) is 4.37. The molecule has 1 radical (unpaired) electrons. The van der Waals surface area contributed by atoms with Crippen molar-refractivity contribution in [2.45, 2.75) is 13.5 Å². The van der Waals surface area contributed by atoms with Crippen LogP contribution in [0.2, 0.25) is 0 Å². The molecule has 89 valence electrons. The molecule has 0 aliphatic carbocycles. The summed E-state index contributed by atoms with van der Waals surface area (Å²) in [4.78, 5) is 3.16. The first kappa shape index (κ1) is 10.9. The van der Waals surface area contributed by atoms with Crippen molar-refractivity contribution in [3.05, 3.63) is 65.9 Å². The maximum Gasteiger partial charge on any atom is 0.122 e. The molecule has 2 aromatic carbocycles. The topological polar surface area (TPSA) is 25.0 Å². The molecule has 0 atom stereocenters. The summed E-state index contributed by atoms with van der Waals surface area (Å²) in [6, 6.07) is 17.4. The Bertz CT molecular complexity index is 655. The van der Waals surface area contributed by atoms with Gasteiger partial charge in [-0.2, -0.15) is 0 Å². The van der Waals surface area contributed by atoms with E-state index < -0.39 is 0 Å². The highest BCUT2D eigenvalue weighted by Crippen LogP contribution is 2.24. The lowest BCUT2D eigenvalue weighted by Gasteiger charge is -2.07. The minimum absolute atomic E-state index is 0.593. The minimum atomic E-state index is 0.593. The quantitative estimate of drug-likeness (QED) is 0.734. The molecule has 1 heterocycles. The standard InChI is InChI=1S/C16H14NO/c1-12-9-14(10-16-15(12)7-8-17-16)18-11-13-5-3-2-4-6-13/h2-6,8-10,17H,11H2,1H3. The highest BCUT2D eigenvalue weighted by molar-refractivity contribution is 5.83. The van der Waals surface area contributed by atoms with Crippen LogP contribution in [0, 0.1) is 13.0 Å². The number of aromatic amines is 1. The second kappa shape index (κ2) is 4.57. The van der Waals surface area contributed by atoms with Gasteiger partial charge in [-0.15, -0.1) is 0 Å². The zero-order chi connectivity index (χ0) is 12.4. The van der Waals surface area contributed by atoms with Crippen LogP contribution in [0.3, 0.4) is 0 Å². The van der Waals surface area contributed by atoms with E-state index in [-0.39, 0.29) is 0 Å². The molecule has 2 nitrogen and oxygen atoms in total. The van der Waals surface area contributed by atoms with Crippen molar-refractivity contribution in [3.63, 3.8) is 0 Å². The molecule has 0 saturated heterocycles. The van der Waals surface area contributed by atoms with Crippen molar-refractivity contribution in [2.24, 2.45) is 0 Å². The van der Waals surface area contributed by atoms with E-state index in [4.69, 9.17) is 4.74 Å². The summed E-state index contributed by atoms with van der Waals surface area (Å²) in [7, 11) is 0. The van der Waals surface area contributed by atoms with E-state index in [1.807, 2.05) is 30.5 Å². The average Bonchev–Trinajstić information content (AvgIpc) is 2.86. The third-order valence-corrected chi connectivity index (χ3v) is 3.00. The summed E-state index contributed by atoms with van der Waals surface area (Å²) >= 11 is 0.